The Morgan fingerprint density at radius 2 is 2.18 bits per heavy atom. The summed E-state index contributed by atoms with van der Waals surface area (Å²) >= 11 is 1.71. The molecule has 0 aliphatic carbocycles. The van der Waals surface area contributed by atoms with Gasteiger partial charge in [-0.1, -0.05) is 6.07 Å². The van der Waals surface area contributed by atoms with Crippen LogP contribution in [0.4, 0.5) is 10.6 Å². The fourth-order valence-electron chi connectivity index (χ4n) is 1.91. The fourth-order valence-corrected chi connectivity index (χ4v) is 2.58. The van der Waals surface area contributed by atoms with E-state index >= 15 is 0 Å². The molecule has 0 fully saturated rings. The second-order valence-electron chi connectivity index (χ2n) is 5.95. The Hall–Kier alpha value is -1.86. The van der Waals surface area contributed by atoms with Crippen LogP contribution >= 0.6 is 11.3 Å². The number of amides is 1. The number of nitrogens with one attached hydrogen (secondary N) is 2. The molecule has 22 heavy (non-hydrogen) atoms. The Morgan fingerprint density at radius 1 is 1.41 bits per heavy atom. The first kappa shape index (κ1) is 16.5. The van der Waals surface area contributed by atoms with E-state index in [1.54, 1.807) is 29.3 Å². The predicted molar refractivity (Wildman–Crippen MR) is 87.9 cm³/mol. The topological polar surface area (TPSA) is 68.2 Å². The van der Waals surface area contributed by atoms with E-state index in [0.717, 1.165) is 12.1 Å². The van der Waals surface area contributed by atoms with Crippen LogP contribution in [0, 0.1) is 0 Å². The third-order valence-electron chi connectivity index (χ3n) is 2.83. The highest BCUT2D eigenvalue weighted by molar-refractivity contribution is 7.09. The molecule has 0 aliphatic rings. The lowest BCUT2D eigenvalue weighted by molar-refractivity contribution is 0.0634. The van der Waals surface area contributed by atoms with Crippen LogP contribution < -0.4 is 10.6 Å². The lowest BCUT2D eigenvalue weighted by atomic mass is 10.2. The molecule has 0 bridgehead atoms. The zero-order valence-electron chi connectivity index (χ0n) is 13.3. The van der Waals surface area contributed by atoms with Crippen LogP contribution in [0.25, 0.3) is 0 Å². The van der Waals surface area contributed by atoms with E-state index in [1.165, 1.54) is 4.88 Å². The number of ether oxygens (including phenoxy) is 1. The Balaban J connectivity index is 1.94. The van der Waals surface area contributed by atoms with E-state index in [9.17, 15) is 4.79 Å². The third-order valence-corrected chi connectivity index (χ3v) is 3.71. The summed E-state index contributed by atoms with van der Waals surface area (Å²) in [4.78, 5) is 13.2. The van der Waals surface area contributed by atoms with Crippen molar-refractivity contribution in [2.45, 2.75) is 39.5 Å². The summed E-state index contributed by atoms with van der Waals surface area (Å²) in [6, 6.07) is 4.11. The molecule has 0 aromatic carbocycles. The standard InChI is InChI=1S/C15H22N4O2S/c1-15(2,3)21-14(20)18-13-11(9-17-19(13)4)8-16-10-12-6-5-7-22-12/h5-7,9,16H,8,10H2,1-4H3,(H,18,20). The van der Waals surface area contributed by atoms with E-state index in [-0.39, 0.29) is 0 Å². The number of aryl methyl sites for hydroxylation is 1. The lowest BCUT2D eigenvalue weighted by Crippen LogP contribution is -2.28. The van der Waals surface area contributed by atoms with E-state index in [4.69, 9.17) is 4.74 Å². The fraction of sp³-hybridized carbons (Fsp3) is 0.467. The molecule has 120 valence electrons. The number of rotatable bonds is 5. The van der Waals surface area contributed by atoms with Gasteiger partial charge in [0.25, 0.3) is 0 Å². The molecule has 0 saturated heterocycles. The maximum atomic E-state index is 11.9. The van der Waals surface area contributed by atoms with Crippen LogP contribution in [-0.2, 0) is 24.9 Å². The van der Waals surface area contributed by atoms with Gasteiger partial charge in [0.05, 0.1) is 6.20 Å². The Morgan fingerprint density at radius 3 is 2.82 bits per heavy atom. The molecule has 1 amide bonds. The summed E-state index contributed by atoms with van der Waals surface area (Å²) in [5, 5.41) is 12.3. The van der Waals surface area contributed by atoms with Crippen molar-refractivity contribution in [1.29, 1.82) is 0 Å². The van der Waals surface area contributed by atoms with Crippen molar-refractivity contribution in [3.8, 4) is 0 Å². The van der Waals surface area contributed by atoms with Crippen molar-refractivity contribution in [2.24, 2.45) is 7.05 Å². The van der Waals surface area contributed by atoms with Gasteiger partial charge in [0.1, 0.15) is 11.4 Å². The molecule has 0 unspecified atom stereocenters. The first-order valence-electron chi connectivity index (χ1n) is 7.09. The normalized spacial score (nSPS) is 11.5. The molecule has 2 N–H and O–H groups in total. The zero-order valence-corrected chi connectivity index (χ0v) is 14.2. The molecule has 0 aliphatic heterocycles. The number of hydrogen-bond donors (Lipinski definition) is 2. The van der Waals surface area contributed by atoms with Gasteiger partial charge in [-0.15, -0.1) is 11.3 Å². The van der Waals surface area contributed by atoms with Crippen molar-refractivity contribution in [2.75, 3.05) is 5.32 Å². The molecule has 0 spiro atoms. The minimum atomic E-state index is -0.528. The van der Waals surface area contributed by atoms with Gasteiger partial charge in [-0.05, 0) is 32.2 Å². The molecule has 2 rings (SSSR count). The van der Waals surface area contributed by atoms with Gasteiger partial charge in [-0.3, -0.25) is 10.00 Å². The summed E-state index contributed by atoms with van der Waals surface area (Å²) in [6.45, 7) is 6.91. The average Bonchev–Trinajstić information content (AvgIpc) is 3.01. The van der Waals surface area contributed by atoms with Crippen LogP contribution in [0.2, 0.25) is 0 Å². The van der Waals surface area contributed by atoms with Crippen LogP contribution in [0.3, 0.4) is 0 Å². The number of hydrogen-bond acceptors (Lipinski definition) is 5. The zero-order chi connectivity index (χ0) is 16.2. The summed E-state index contributed by atoms with van der Waals surface area (Å²) in [5.74, 6) is 0.646. The number of anilines is 1. The minimum Gasteiger partial charge on any atom is -0.444 e. The molecule has 2 aromatic heterocycles. The van der Waals surface area contributed by atoms with Crippen molar-refractivity contribution < 1.29 is 9.53 Å². The molecule has 0 radical (unpaired) electrons. The summed E-state index contributed by atoms with van der Waals surface area (Å²) in [5.41, 5.74) is 0.394. The number of aromatic nitrogens is 2. The van der Waals surface area contributed by atoms with Crippen molar-refractivity contribution >= 4 is 23.2 Å². The van der Waals surface area contributed by atoms with Gasteiger partial charge >= 0.3 is 6.09 Å². The van der Waals surface area contributed by atoms with Gasteiger partial charge < -0.3 is 10.1 Å². The van der Waals surface area contributed by atoms with E-state index in [1.807, 2.05) is 26.8 Å². The molecule has 6 nitrogen and oxygen atoms in total. The van der Waals surface area contributed by atoms with Crippen LogP contribution in [0.5, 0.6) is 0 Å². The SMILES string of the molecule is Cn1ncc(CNCc2cccs2)c1NC(=O)OC(C)(C)C. The molecule has 2 aromatic rings. The smallest absolute Gasteiger partial charge is 0.413 e. The van der Waals surface area contributed by atoms with Crippen molar-refractivity contribution in [3.63, 3.8) is 0 Å². The van der Waals surface area contributed by atoms with Crippen LogP contribution in [-0.4, -0.2) is 21.5 Å². The van der Waals surface area contributed by atoms with Gasteiger partial charge in [-0.25, -0.2) is 4.79 Å². The lowest BCUT2D eigenvalue weighted by Gasteiger charge is -2.20. The second-order valence-corrected chi connectivity index (χ2v) is 6.98. The van der Waals surface area contributed by atoms with Gasteiger partial charge in [-0.2, -0.15) is 5.10 Å². The molecule has 7 heteroatoms. The molecular weight excluding hydrogens is 300 g/mol. The van der Waals surface area contributed by atoms with Gasteiger partial charge in [0.15, 0.2) is 0 Å². The summed E-state index contributed by atoms with van der Waals surface area (Å²) < 4.78 is 6.91. The highest BCUT2D eigenvalue weighted by atomic mass is 32.1. The highest BCUT2D eigenvalue weighted by Crippen LogP contribution is 2.16. The molecular formula is C15H22N4O2S. The number of carbonyl (C=O) groups is 1. The van der Waals surface area contributed by atoms with Gasteiger partial charge in [0, 0.05) is 30.6 Å². The Labute approximate surface area is 134 Å². The highest BCUT2D eigenvalue weighted by Gasteiger charge is 2.18. The Bertz CT molecular complexity index is 614. The number of nitrogens with zero attached hydrogens (tertiary/aromatic N) is 2. The summed E-state index contributed by atoms with van der Waals surface area (Å²) in [7, 11) is 1.79. The van der Waals surface area contributed by atoms with E-state index < -0.39 is 11.7 Å². The van der Waals surface area contributed by atoms with E-state index in [2.05, 4.69) is 27.2 Å². The minimum absolute atomic E-state index is 0.476. The first-order chi connectivity index (χ1) is 10.3. The summed E-state index contributed by atoms with van der Waals surface area (Å²) in [6.07, 6.45) is 1.27. The third kappa shape index (κ3) is 4.85. The molecule has 0 saturated carbocycles. The number of carbonyl (C=O) groups excluding carboxylic acids is 1. The average molecular weight is 322 g/mol. The first-order valence-corrected chi connectivity index (χ1v) is 7.97. The van der Waals surface area contributed by atoms with Gasteiger partial charge in [0.2, 0.25) is 0 Å². The van der Waals surface area contributed by atoms with Crippen molar-refractivity contribution in [3.05, 3.63) is 34.2 Å². The maximum absolute atomic E-state index is 11.9. The second kappa shape index (κ2) is 6.93. The monoisotopic (exact) mass is 322 g/mol. The van der Waals surface area contributed by atoms with Crippen LogP contribution in [0.1, 0.15) is 31.2 Å². The van der Waals surface area contributed by atoms with Crippen LogP contribution in [0.15, 0.2) is 23.7 Å². The quantitative estimate of drug-likeness (QED) is 0.887. The number of thiophene rings is 1. The Kier molecular flexibility index (Phi) is 5.20. The maximum Gasteiger partial charge on any atom is 0.413 e. The van der Waals surface area contributed by atoms with E-state index in [0.29, 0.717) is 12.4 Å². The largest absolute Gasteiger partial charge is 0.444 e. The predicted octanol–water partition coefficient (Wildman–Crippen LogP) is 3.12. The molecule has 2 heterocycles. The molecule has 0 atom stereocenters. The van der Waals surface area contributed by atoms with Crippen molar-refractivity contribution in [1.82, 2.24) is 15.1 Å².